The summed E-state index contributed by atoms with van der Waals surface area (Å²) in [6, 6.07) is 5.11. The number of nitrogens with one attached hydrogen (secondary N) is 1. The second-order valence-electron chi connectivity index (χ2n) is 9.07. The molecule has 1 unspecified atom stereocenters. The van der Waals surface area contributed by atoms with Crippen LogP contribution in [0.15, 0.2) is 29.2 Å². The fraction of sp³-hybridized carbons (Fsp3) is 0.500. The lowest BCUT2D eigenvalue weighted by Crippen LogP contribution is -2.60. The molecule has 6 nitrogen and oxygen atoms in total. The summed E-state index contributed by atoms with van der Waals surface area (Å²) < 4.78 is 70.8. The lowest BCUT2D eigenvalue weighted by atomic mass is 9.62. The molecule has 1 aromatic heterocycles. The van der Waals surface area contributed by atoms with E-state index in [1.807, 2.05) is 9.62 Å². The van der Waals surface area contributed by atoms with E-state index in [1.165, 1.54) is 25.5 Å². The molecule has 1 saturated carbocycles. The Morgan fingerprint density at radius 1 is 1.16 bits per heavy atom. The Morgan fingerprint density at radius 3 is 2.56 bits per heavy atom. The van der Waals surface area contributed by atoms with E-state index in [9.17, 15) is 17.2 Å². The average molecular weight is 467 g/mol. The molecule has 32 heavy (non-hydrogen) atoms. The van der Waals surface area contributed by atoms with Gasteiger partial charge in [0.25, 0.3) is 10.0 Å². The minimum atomic E-state index is -4.64. The van der Waals surface area contributed by atoms with Crippen LogP contribution in [0, 0.1) is 29.9 Å². The molecule has 0 bridgehead atoms. The van der Waals surface area contributed by atoms with E-state index in [4.69, 9.17) is 0 Å². The van der Waals surface area contributed by atoms with Crippen molar-refractivity contribution in [3.05, 3.63) is 47.4 Å². The van der Waals surface area contributed by atoms with Crippen molar-refractivity contribution < 1.29 is 21.6 Å². The summed E-state index contributed by atoms with van der Waals surface area (Å²) in [5, 5.41) is 0. The lowest BCUT2D eigenvalue weighted by molar-refractivity contribution is -0.0427. The minimum absolute atomic E-state index is 0.0795. The zero-order chi connectivity index (χ0) is 22.7. The van der Waals surface area contributed by atoms with Crippen molar-refractivity contribution in [2.75, 3.05) is 35.8 Å². The van der Waals surface area contributed by atoms with Gasteiger partial charge in [-0.15, -0.1) is 0 Å². The highest BCUT2D eigenvalue weighted by Crippen LogP contribution is 2.52. The first-order valence-corrected chi connectivity index (χ1v) is 12.3. The molecule has 1 spiro atoms. The number of likely N-dealkylation sites (tertiary alicyclic amines) is 1. The molecule has 2 aromatic rings. The molecule has 10 heteroatoms. The van der Waals surface area contributed by atoms with Crippen LogP contribution in [-0.2, 0) is 10.0 Å². The van der Waals surface area contributed by atoms with Crippen LogP contribution in [-0.4, -0.2) is 50.5 Å². The molecule has 2 saturated heterocycles. The van der Waals surface area contributed by atoms with E-state index in [2.05, 4.69) is 9.88 Å². The van der Waals surface area contributed by atoms with Crippen molar-refractivity contribution in [3.63, 3.8) is 0 Å². The van der Waals surface area contributed by atoms with Gasteiger partial charge in [-0.05, 0) is 63.9 Å². The van der Waals surface area contributed by atoms with Gasteiger partial charge in [0.1, 0.15) is 11.6 Å². The van der Waals surface area contributed by atoms with Gasteiger partial charge in [-0.25, -0.2) is 22.2 Å². The highest BCUT2D eigenvalue weighted by Gasteiger charge is 2.54. The van der Waals surface area contributed by atoms with Gasteiger partial charge < -0.3 is 4.90 Å². The molecule has 5 rings (SSSR count). The first-order valence-electron chi connectivity index (χ1n) is 10.8. The van der Waals surface area contributed by atoms with E-state index in [1.54, 1.807) is 0 Å². The SMILES string of the molecule is Cc1c(N2CC[C@@]3(CCC3N3CCC3)C2)cc(F)c(S(=O)(=O)Nc2cccc(F)n2)c1F. The van der Waals surface area contributed by atoms with E-state index in [0.717, 1.165) is 44.5 Å². The largest absolute Gasteiger partial charge is 0.371 e. The van der Waals surface area contributed by atoms with Crippen molar-refractivity contribution in [1.29, 1.82) is 0 Å². The van der Waals surface area contributed by atoms with Crippen LogP contribution in [0.4, 0.5) is 24.7 Å². The molecule has 3 aliphatic rings. The number of rotatable bonds is 5. The van der Waals surface area contributed by atoms with E-state index >= 15 is 4.39 Å². The number of anilines is 2. The van der Waals surface area contributed by atoms with Crippen LogP contribution in [0.1, 0.15) is 31.2 Å². The first kappa shape index (κ1) is 21.5. The molecule has 1 aliphatic carbocycles. The average Bonchev–Trinajstić information content (AvgIpc) is 3.14. The topological polar surface area (TPSA) is 65.5 Å². The molecule has 0 radical (unpaired) electrons. The highest BCUT2D eigenvalue weighted by atomic mass is 32.2. The van der Waals surface area contributed by atoms with Gasteiger partial charge >= 0.3 is 0 Å². The normalized spacial score (nSPS) is 25.6. The van der Waals surface area contributed by atoms with Crippen molar-refractivity contribution in [1.82, 2.24) is 9.88 Å². The number of hydrogen-bond acceptors (Lipinski definition) is 5. The van der Waals surface area contributed by atoms with Crippen molar-refractivity contribution >= 4 is 21.5 Å². The van der Waals surface area contributed by atoms with Gasteiger partial charge in [0.05, 0.1) is 0 Å². The molecule has 2 aliphatic heterocycles. The number of hydrogen-bond donors (Lipinski definition) is 1. The molecule has 1 aromatic carbocycles. The van der Waals surface area contributed by atoms with Crippen LogP contribution in [0.5, 0.6) is 0 Å². The predicted octanol–water partition coefficient (Wildman–Crippen LogP) is 3.67. The number of aromatic nitrogens is 1. The van der Waals surface area contributed by atoms with Crippen molar-refractivity contribution in [3.8, 4) is 0 Å². The quantitative estimate of drug-likeness (QED) is 0.682. The number of sulfonamides is 1. The third kappa shape index (κ3) is 3.44. The second kappa shape index (κ2) is 7.62. The maximum absolute atomic E-state index is 15.2. The Bertz CT molecular complexity index is 1170. The van der Waals surface area contributed by atoms with Crippen molar-refractivity contribution in [2.24, 2.45) is 5.41 Å². The fourth-order valence-corrected chi connectivity index (χ4v) is 6.59. The maximum Gasteiger partial charge on any atom is 0.268 e. The Labute approximate surface area is 185 Å². The van der Waals surface area contributed by atoms with Crippen LogP contribution >= 0.6 is 0 Å². The second-order valence-corrected chi connectivity index (χ2v) is 10.7. The third-order valence-corrected chi connectivity index (χ3v) is 8.69. The molecule has 3 heterocycles. The van der Waals surface area contributed by atoms with Gasteiger partial charge in [-0.2, -0.15) is 4.39 Å². The summed E-state index contributed by atoms with van der Waals surface area (Å²) in [5.41, 5.74) is 0.611. The summed E-state index contributed by atoms with van der Waals surface area (Å²) in [6.45, 7) is 5.10. The number of benzene rings is 1. The third-order valence-electron chi connectivity index (χ3n) is 7.30. The summed E-state index contributed by atoms with van der Waals surface area (Å²) in [6.07, 6.45) is 4.45. The van der Waals surface area contributed by atoms with E-state index in [0.29, 0.717) is 24.8 Å². The maximum atomic E-state index is 15.2. The van der Waals surface area contributed by atoms with Gasteiger partial charge in [-0.3, -0.25) is 9.62 Å². The summed E-state index contributed by atoms with van der Waals surface area (Å²) in [7, 11) is -4.64. The highest BCUT2D eigenvalue weighted by molar-refractivity contribution is 7.92. The molecule has 0 amide bonds. The molecule has 3 fully saturated rings. The van der Waals surface area contributed by atoms with Gasteiger partial charge in [0.15, 0.2) is 10.7 Å². The smallest absolute Gasteiger partial charge is 0.268 e. The van der Waals surface area contributed by atoms with Crippen LogP contribution in [0.25, 0.3) is 0 Å². The van der Waals surface area contributed by atoms with Crippen LogP contribution in [0.2, 0.25) is 0 Å². The fourth-order valence-electron chi connectivity index (χ4n) is 5.39. The van der Waals surface area contributed by atoms with Crippen molar-refractivity contribution in [2.45, 2.75) is 43.5 Å². The summed E-state index contributed by atoms with van der Waals surface area (Å²) in [5.74, 6) is -3.58. The standard InChI is InChI=1S/C22H25F3N4O2S/c1-14-16(29-11-8-22(13-29)7-6-17(22)28-9-3-10-28)12-15(23)21(20(14)25)32(30,31)27-19-5-2-4-18(24)26-19/h2,4-5,12,17H,3,6-11,13H2,1H3,(H,26,27)/t17?,22-/m0/s1. The van der Waals surface area contributed by atoms with Gasteiger partial charge in [0.2, 0.25) is 5.95 Å². The molecular weight excluding hydrogens is 441 g/mol. The zero-order valence-corrected chi connectivity index (χ0v) is 18.6. The number of pyridine rings is 1. The van der Waals surface area contributed by atoms with Gasteiger partial charge in [0, 0.05) is 35.8 Å². The Kier molecular flexibility index (Phi) is 5.12. The minimum Gasteiger partial charge on any atom is -0.371 e. The first-order chi connectivity index (χ1) is 15.2. The zero-order valence-electron chi connectivity index (χ0n) is 17.7. The molecular formula is C22H25F3N4O2S. The molecule has 172 valence electrons. The Balaban J connectivity index is 1.42. The Morgan fingerprint density at radius 2 is 1.94 bits per heavy atom. The predicted molar refractivity (Wildman–Crippen MR) is 115 cm³/mol. The van der Waals surface area contributed by atoms with E-state index in [-0.39, 0.29) is 16.8 Å². The monoisotopic (exact) mass is 466 g/mol. The molecule has 2 atom stereocenters. The Hall–Kier alpha value is -2.33. The lowest BCUT2D eigenvalue weighted by Gasteiger charge is -2.55. The van der Waals surface area contributed by atoms with Crippen LogP contribution in [0.3, 0.4) is 0 Å². The summed E-state index contributed by atoms with van der Waals surface area (Å²) in [4.78, 5) is 6.79. The number of nitrogens with zero attached hydrogens (tertiary/aromatic N) is 3. The van der Waals surface area contributed by atoms with Crippen LogP contribution < -0.4 is 9.62 Å². The molecule has 1 N–H and O–H groups in total. The van der Waals surface area contributed by atoms with Gasteiger partial charge in [-0.1, -0.05) is 6.07 Å². The summed E-state index contributed by atoms with van der Waals surface area (Å²) >= 11 is 0. The number of halogens is 3. The van der Waals surface area contributed by atoms with E-state index < -0.39 is 32.5 Å².